The van der Waals surface area contributed by atoms with Crippen molar-refractivity contribution < 1.29 is 38.1 Å². The minimum absolute atomic E-state index is 0.00705. The lowest BCUT2D eigenvalue weighted by atomic mass is 9.47. The molecule has 4 aliphatic carbocycles. The number of rotatable bonds is 13. The summed E-state index contributed by atoms with van der Waals surface area (Å²) in [5.74, 6) is 2.32. The van der Waals surface area contributed by atoms with Gasteiger partial charge in [-0.15, -0.1) is 0 Å². The predicted molar refractivity (Wildman–Crippen MR) is 174 cm³/mol. The van der Waals surface area contributed by atoms with Crippen molar-refractivity contribution in [3.8, 4) is 11.5 Å². The summed E-state index contributed by atoms with van der Waals surface area (Å²) >= 11 is 0. The molecule has 250 valence electrons. The molecule has 3 saturated carbocycles. The Morgan fingerprint density at radius 1 is 0.870 bits per heavy atom. The van der Waals surface area contributed by atoms with Crippen molar-refractivity contribution in [2.45, 2.75) is 84.7 Å². The van der Waals surface area contributed by atoms with Crippen molar-refractivity contribution in [3.63, 3.8) is 0 Å². The van der Waals surface area contributed by atoms with Gasteiger partial charge in [0.2, 0.25) is 0 Å². The molecule has 0 saturated heterocycles. The molecule has 0 N–H and O–H groups in total. The van der Waals surface area contributed by atoms with E-state index in [4.69, 9.17) is 23.7 Å². The summed E-state index contributed by atoms with van der Waals surface area (Å²) in [4.78, 5) is 36.1. The zero-order valence-electron chi connectivity index (χ0n) is 27.7. The first kappa shape index (κ1) is 33.8. The van der Waals surface area contributed by atoms with Crippen LogP contribution in [-0.2, 0) is 23.8 Å². The molecule has 0 heterocycles. The maximum Gasteiger partial charge on any atom is 0.338 e. The third-order valence-corrected chi connectivity index (χ3v) is 11.7. The van der Waals surface area contributed by atoms with Gasteiger partial charge in [-0.2, -0.15) is 0 Å². The first-order valence-corrected chi connectivity index (χ1v) is 17.0. The van der Waals surface area contributed by atoms with Crippen molar-refractivity contribution in [1.29, 1.82) is 0 Å². The largest absolute Gasteiger partial charge is 0.486 e. The third-order valence-electron chi connectivity index (χ3n) is 11.7. The van der Waals surface area contributed by atoms with Crippen LogP contribution in [0.15, 0.2) is 55.2 Å². The van der Waals surface area contributed by atoms with Crippen molar-refractivity contribution in [1.82, 2.24) is 0 Å². The van der Waals surface area contributed by atoms with E-state index in [9.17, 15) is 14.4 Å². The normalized spacial score (nSPS) is 31.2. The van der Waals surface area contributed by atoms with Gasteiger partial charge in [-0.05, 0) is 97.6 Å². The summed E-state index contributed by atoms with van der Waals surface area (Å²) in [6.45, 7) is 14.3. The van der Waals surface area contributed by atoms with Crippen LogP contribution >= 0.6 is 0 Å². The fraction of sp³-hybridized carbons (Fsp3) is 0.605. The van der Waals surface area contributed by atoms with Crippen molar-refractivity contribution in [3.05, 3.63) is 60.7 Å². The summed E-state index contributed by atoms with van der Waals surface area (Å²) in [5.41, 5.74) is 2.51. The average Bonchev–Trinajstić information content (AvgIpc) is 3.41. The highest BCUT2D eigenvalue weighted by atomic mass is 16.6. The molecule has 5 rings (SSSR count). The lowest BCUT2D eigenvalue weighted by molar-refractivity contribution is -0.139. The minimum Gasteiger partial charge on any atom is -0.486 e. The van der Waals surface area contributed by atoms with E-state index in [0.29, 0.717) is 16.7 Å². The molecule has 8 heteroatoms. The fourth-order valence-corrected chi connectivity index (χ4v) is 9.30. The second-order valence-electron chi connectivity index (χ2n) is 13.9. The maximum absolute atomic E-state index is 13.4. The standard InChI is InChI=1S/C38H50O8/c1-6-26-11-13-30-29-12-10-27-24-28(15-17-38(27,5)31(29)16-18-37(26,30)4)46-36(41)25-9-14-32(42-19-21-44-34(39)7-2)33(23-25)43-20-22-45-35(40)8-3/h7-10,14,23,26,28-31H,2-3,6,11-13,15-22,24H2,1,4-5H3/t26-,28-,29-,30-,31-,37+,38-/m0/s1. The van der Waals surface area contributed by atoms with E-state index >= 15 is 0 Å². The second kappa shape index (κ2) is 14.5. The van der Waals surface area contributed by atoms with Crippen LogP contribution in [0.3, 0.4) is 0 Å². The van der Waals surface area contributed by atoms with Gasteiger partial charge in [0.25, 0.3) is 0 Å². The van der Waals surface area contributed by atoms with E-state index in [1.165, 1.54) is 37.7 Å². The number of esters is 3. The number of carbonyl (C=O) groups excluding carboxylic acids is 3. The number of ether oxygens (including phenoxy) is 5. The van der Waals surface area contributed by atoms with E-state index in [0.717, 1.165) is 61.5 Å². The number of carbonyl (C=O) groups is 3. The van der Waals surface area contributed by atoms with Crippen molar-refractivity contribution in [2.75, 3.05) is 26.4 Å². The van der Waals surface area contributed by atoms with E-state index in [2.05, 4.69) is 40.0 Å². The van der Waals surface area contributed by atoms with E-state index in [-0.39, 0.29) is 43.7 Å². The number of hydrogen-bond donors (Lipinski definition) is 0. The zero-order valence-corrected chi connectivity index (χ0v) is 27.7. The molecule has 7 atom stereocenters. The van der Waals surface area contributed by atoms with Gasteiger partial charge in [-0.3, -0.25) is 0 Å². The molecular weight excluding hydrogens is 584 g/mol. The summed E-state index contributed by atoms with van der Waals surface area (Å²) in [6.07, 6.45) is 15.1. The van der Waals surface area contributed by atoms with Crippen LogP contribution in [-0.4, -0.2) is 50.4 Å². The Morgan fingerprint density at radius 2 is 1.57 bits per heavy atom. The SMILES string of the molecule is C=CC(=O)OCCOc1ccc(C(=O)O[C@H]2CC[C@@]3(C)C(=CC[C@H]4[C@@H]5CC[C@H](CC)[C@@]5(C)CC[C@@H]43)C2)cc1OCCOC(=O)C=C. The van der Waals surface area contributed by atoms with Crippen LogP contribution in [0.4, 0.5) is 0 Å². The number of hydrogen-bond acceptors (Lipinski definition) is 8. The summed E-state index contributed by atoms with van der Waals surface area (Å²) < 4.78 is 27.7. The van der Waals surface area contributed by atoms with Gasteiger partial charge in [0, 0.05) is 18.6 Å². The van der Waals surface area contributed by atoms with Gasteiger partial charge in [-0.1, -0.05) is 52.0 Å². The van der Waals surface area contributed by atoms with Crippen LogP contribution in [0, 0.1) is 34.5 Å². The molecule has 0 radical (unpaired) electrons. The molecule has 1 aromatic rings. The lowest BCUT2D eigenvalue weighted by Gasteiger charge is -2.58. The quantitative estimate of drug-likeness (QED) is 0.0727. The molecule has 0 amide bonds. The summed E-state index contributed by atoms with van der Waals surface area (Å²) in [7, 11) is 0. The molecule has 0 bridgehead atoms. The van der Waals surface area contributed by atoms with Gasteiger partial charge in [-0.25, -0.2) is 14.4 Å². The van der Waals surface area contributed by atoms with Gasteiger partial charge < -0.3 is 23.7 Å². The number of benzene rings is 1. The highest BCUT2D eigenvalue weighted by Gasteiger charge is 2.58. The Labute approximate surface area is 273 Å². The van der Waals surface area contributed by atoms with Crippen LogP contribution in [0.25, 0.3) is 0 Å². The van der Waals surface area contributed by atoms with E-state index in [1.54, 1.807) is 18.2 Å². The Kier molecular flexibility index (Phi) is 10.6. The van der Waals surface area contributed by atoms with Crippen LogP contribution in [0.1, 0.15) is 88.9 Å². The Balaban J connectivity index is 1.23. The minimum atomic E-state index is -0.556. The fourth-order valence-electron chi connectivity index (χ4n) is 9.30. The number of allylic oxidation sites excluding steroid dienone is 1. The molecule has 46 heavy (non-hydrogen) atoms. The van der Waals surface area contributed by atoms with Crippen LogP contribution in [0.5, 0.6) is 11.5 Å². The Bertz CT molecular complexity index is 1350. The third kappa shape index (κ3) is 6.91. The average molecular weight is 635 g/mol. The van der Waals surface area contributed by atoms with Crippen molar-refractivity contribution >= 4 is 17.9 Å². The molecular formula is C38H50O8. The topological polar surface area (TPSA) is 97.4 Å². The highest BCUT2D eigenvalue weighted by Crippen LogP contribution is 2.66. The molecule has 1 aromatic carbocycles. The molecule has 0 unspecified atom stereocenters. The van der Waals surface area contributed by atoms with Gasteiger partial charge in [0.1, 0.15) is 32.5 Å². The van der Waals surface area contributed by atoms with E-state index in [1.807, 2.05) is 0 Å². The monoisotopic (exact) mass is 634 g/mol. The molecule has 4 aliphatic rings. The van der Waals surface area contributed by atoms with Gasteiger partial charge in [0.15, 0.2) is 11.5 Å². The molecule has 8 nitrogen and oxygen atoms in total. The zero-order chi connectivity index (χ0) is 32.9. The van der Waals surface area contributed by atoms with Crippen LogP contribution in [0.2, 0.25) is 0 Å². The molecule has 3 fully saturated rings. The second-order valence-corrected chi connectivity index (χ2v) is 13.9. The molecule has 0 aromatic heterocycles. The molecule has 0 aliphatic heterocycles. The smallest absolute Gasteiger partial charge is 0.338 e. The predicted octanol–water partition coefficient (Wildman–Crippen LogP) is 7.42. The Morgan fingerprint density at radius 3 is 2.24 bits per heavy atom. The number of fused-ring (bicyclic) bond motifs is 5. The molecule has 0 spiro atoms. The highest BCUT2D eigenvalue weighted by molar-refractivity contribution is 5.90. The first-order chi connectivity index (χ1) is 22.1. The maximum atomic E-state index is 13.4. The van der Waals surface area contributed by atoms with Crippen molar-refractivity contribution in [2.24, 2.45) is 34.5 Å². The lowest BCUT2D eigenvalue weighted by Crippen LogP contribution is -2.50. The Hall–Kier alpha value is -3.55. The van der Waals surface area contributed by atoms with Gasteiger partial charge in [0.05, 0.1) is 5.56 Å². The van der Waals surface area contributed by atoms with Crippen LogP contribution < -0.4 is 9.47 Å². The summed E-state index contributed by atoms with van der Waals surface area (Å²) in [6, 6.07) is 4.84. The summed E-state index contributed by atoms with van der Waals surface area (Å²) in [5, 5.41) is 0. The van der Waals surface area contributed by atoms with Gasteiger partial charge >= 0.3 is 17.9 Å². The van der Waals surface area contributed by atoms with E-state index < -0.39 is 17.9 Å². The first-order valence-electron chi connectivity index (χ1n) is 17.0.